The first-order valence-electron chi connectivity index (χ1n) is 6.03. The van der Waals surface area contributed by atoms with Crippen LogP contribution in [-0.2, 0) is 0 Å². The van der Waals surface area contributed by atoms with Crippen molar-refractivity contribution in [3.8, 4) is 0 Å². The molecule has 1 aromatic rings. The van der Waals surface area contributed by atoms with Crippen LogP contribution in [0, 0.1) is 12.8 Å². The summed E-state index contributed by atoms with van der Waals surface area (Å²) in [6, 6.07) is 2.34. The highest BCUT2D eigenvalue weighted by atomic mass is 15.1. The van der Waals surface area contributed by atoms with Crippen molar-refractivity contribution < 1.29 is 0 Å². The first-order chi connectivity index (χ1) is 7.65. The number of hydrogen-bond acceptors (Lipinski definition) is 4. The third-order valence-corrected chi connectivity index (χ3v) is 3.30. The molecule has 0 saturated heterocycles. The zero-order valence-electron chi connectivity index (χ0n) is 10.0. The maximum atomic E-state index is 5.71. The van der Waals surface area contributed by atoms with Gasteiger partial charge in [-0.3, -0.25) is 0 Å². The quantitative estimate of drug-likeness (QED) is 0.803. The van der Waals surface area contributed by atoms with Gasteiger partial charge in [0.05, 0.1) is 0 Å². The van der Waals surface area contributed by atoms with Crippen molar-refractivity contribution >= 4 is 11.6 Å². The van der Waals surface area contributed by atoms with E-state index < -0.39 is 0 Å². The summed E-state index contributed by atoms with van der Waals surface area (Å²) < 4.78 is 0. The Labute approximate surface area is 96.7 Å². The van der Waals surface area contributed by atoms with Crippen molar-refractivity contribution in [3.63, 3.8) is 0 Å². The van der Waals surface area contributed by atoms with E-state index in [9.17, 15) is 0 Å². The molecule has 1 saturated carbocycles. The Balaban J connectivity index is 2.07. The zero-order chi connectivity index (χ0) is 11.5. The molecule has 1 aliphatic rings. The van der Waals surface area contributed by atoms with Crippen LogP contribution in [0.15, 0.2) is 6.07 Å². The Kier molecular flexibility index (Phi) is 3.27. The third kappa shape index (κ3) is 2.62. The molecular formula is C12H20N4. The highest BCUT2D eigenvalue weighted by Gasteiger charge is 2.21. The van der Waals surface area contributed by atoms with Gasteiger partial charge in [-0.15, -0.1) is 0 Å². The Hall–Kier alpha value is -1.32. The average molecular weight is 220 g/mol. The summed E-state index contributed by atoms with van der Waals surface area (Å²) in [5.41, 5.74) is 5.71. The zero-order valence-corrected chi connectivity index (χ0v) is 10.0. The highest BCUT2D eigenvalue weighted by Crippen LogP contribution is 2.26. The summed E-state index contributed by atoms with van der Waals surface area (Å²) in [5, 5.41) is 3.48. The molecule has 16 heavy (non-hydrogen) atoms. The molecule has 1 fully saturated rings. The minimum atomic E-state index is 0.530. The molecule has 0 aliphatic heterocycles. The predicted molar refractivity (Wildman–Crippen MR) is 66.2 cm³/mol. The molecule has 0 bridgehead atoms. The molecule has 4 heteroatoms. The number of nitrogen functional groups attached to an aromatic ring is 1. The predicted octanol–water partition coefficient (Wildman–Crippen LogP) is 2.36. The lowest BCUT2D eigenvalue weighted by Gasteiger charge is -2.29. The number of nitrogens with zero attached hydrogens (tertiary/aromatic N) is 2. The van der Waals surface area contributed by atoms with Crippen LogP contribution in [0.1, 0.15) is 38.4 Å². The van der Waals surface area contributed by atoms with Gasteiger partial charge in [0.25, 0.3) is 0 Å². The lowest BCUT2D eigenvalue weighted by molar-refractivity contribution is 0.349. The minimum absolute atomic E-state index is 0.530. The first kappa shape index (κ1) is 11.2. The maximum Gasteiger partial charge on any atom is 0.132 e. The standard InChI is InChI=1S/C12H20N4/c1-8-5-3-4-6-10(8)16-12-7-11(13)14-9(2)15-12/h7-8,10H,3-6H2,1-2H3,(H3,13,14,15,16). The minimum Gasteiger partial charge on any atom is -0.384 e. The fourth-order valence-electron chi connectivity index (χ4n) is 2.39. The van der Waals surface area contributed by atoms with E-state index >= 15 is 0 Å². The summed E-state index contributed by atoms with van der Waals surface area (Å²) in [4.78, 5) is 8.43. The van der Waals surface area contributed by atoms with Crippen LogP contribution in [0.3, 0.4) is 0 Å². The molecule has 0 spiro atoms. The second kappa shape index (κ2) is 4.68. The third-order valence-electron chi connectivity index (χ3n) is 3.30. The lowest BCUT2D eigenvalue weighted by atomic mass is 9.86. The van der Waals surface area contributed by atoms with Crippen molar-refractivity contribution in [3.05, 3.63) is 11.9 Å². The lowest BCUT2D eigenvalue weighted by Crippen LogP contribution is -2.30. The van der Waals surface area contributed by atoms with Crippen LogP contribution >= 0.6 is 0 Å². The van der Waals surface area contributed by atoms with Gasteiger partial charge in [-0.1, -0.05) is 19.8 Å². The van der Waals surface area contributed by atoms with E-state index in [1.807, 2.05) is 13.0 Å². The van der Waals surface area contributed by atoms with Crippen LogP contribution in [0.2, 0.25) is 0 Å². The smallest absolute Gasteiger partial charge is 0.132 e. The van der Waals surface area contributed by atoms with Gasteiger partial charge in [0.15, 0.2) is 0 Å². The van der Waals surface area contributed by atoms with Crippen LogP contribution in [0.25, 0.3) is 0 Å². The van der Waals surface area contributed by atoms with E-state index in [-0.39, 0.29) is 0 Å². The van der Waals surface area contributed by atoms with Crippen LogP contribution < -0.4 is 11.1 Å². The molecule has 4 nitrogen and oxygen atoms in total. The van der Waals surface area contributed by atoms with E-state index in [1.54, 1.807) is 0 Å². The van der Waals surface area contributed by atoms with Crippen LogP contribution in [0.4, 0.5) is 11.6 Å². The molecule has 1 aliphatic carbocycles. The Morgan fingerprint density at radius 3 is 2.75 bits per heavy atom. The molecular weight excluding hydrogens is 200 g/mol. The van der Waals surface area contributed by atoms with Gasteiger partial charge in [-0.25, -0.2) is 9.97 Å². The molecule has 0 aromatic carbocycles. The van der Waals surface area contributed by atoms with Crippen molar-refractivity contribution in [2.75, 3.05) is 11.1 Å². The van der Waals surface area contributed by atoms with E-state index in [0.717, 1.165) is 11.6 Å². The van der Waals surface area contributed by atoms with Gasteiger partial charge in [0.2, 0.25) is 0 Å². The molecule has 0 radical (unpaired) electrons. The van der Waals surface area contributed by atoms with Crippen LogP contribution in [-0.4, -0.2) is 16.0 Å². The number of hydrogen-bond donors (Lipinski definition) is 2. The van der Waals surface area contributed by atoms with Gasteiger partial charge in [-0.2, -0.15) is 0 Å². The molecule has 1 heterocycles. The van der Waals surface area contributed by atoms with E-state index in [0.29, 0.717) is 17.8 Å². The number of rotatable bonds is 2. The van der Waals surface area contributed by atoms with Gasteiger partial charge in [-0.05, 0) is 25.7 Å². The SMILES string of the molecule is Cc1nc(N)cc(NC2CCCCC2C)n1. The number of aryl methyl sites for hydroxylation is 1. The Morgan fingerprint density at radius 2 is 2.06 bits per heavy atom. The Bertz CT molecular complexity index is 344. The molecule has 1 aromatic heterocycles. The van der Waals surface area contributed by atoms with Crippen LogP contribution in [0.5, 0.6) is 0 Å². The normalized spacial score (nSPS) is 25.4. The molecule has 2 unspecified atom stereocenters. The van der Waals surface area contributed by atoms with Crippen molar-refractivity contribution in [2.45, 2.75) is 45.6 Å². The van der Waals surface area contributed by atoms with E-state index in [1.165, 1.54) is 25.7 Å². The number of aromatic nitrogens is 2. The topological polar surface area (TPSA) is 63.8 Å². The highest BCUT2D eigenvalue weighted by molar-refractivity contribution is 5.45. The second-order valence-corrected chi connectivity index (χ2v) is 4.74. The molecule has 2 rings (SSSR count). The summed E-state index contributed by atoms with van der Waals surface area (Å²) in [6.07, 6.45) is 5.19. The molecule has 88 valence electrons. The number of nitrogens with one attached hydrogen (secondary N) is 1. The average Bonchev–Trinajstić information content (AvgIpc) is 2.20. The van der Waals surface area contributed by atoms with E-state index in [2.05, 4.69) is 22.2 Å². The fraction of sp³-hybridized carbons (Fsp3) is 0.667. The van der Waals surface area contributed by atoms with Crippen molar-refractivity contribution in [1.29, 1.82) is 0 Å². The maximum absolute atomic E-state index is 5.71. The van der Waals surface area contributed by atoms with Gasteiger partial charge in [0, 0.05) is 12.1 Å². The molecule has 2 atom stereocenters. The van der Waals surface area contributed by atoms with E-state index in [4.69, 9.17) is 5.73 Å². The fourth-order valence-corrected chi connectivity index (χ4v) is 2.39. The van der Waals surface area contributed by atoms with Gasteiger partial charge in [0.1, 0.15) is 17.5 Å². The number of anilines is 2. The van der Waals surface area contributed by atoms with Gasteiger partial charge >= 0.3 is 0 Å². The van der Waals surface area contributed by atoms with Crippen molar-refractivity contribution in [2.24, 2.45) is 5.92 Å². The summed E-state index contributed by atoms with van der Waals surface area (Å²) >= 11 is 0. The second-order valence-electron chi connectivity index (χ2n) is 4.74. The van der Waals surface area contributed by atoms with Gasteiger partial charge < -0.3 is 11.1 Å². The largest absolute Gasteiger partial charge is 0.384 e. The number of nitrogens with two attached hydrogens (primary N) is 1. The summed E-state index contributed by atoms with van der Waals surface area (Å²) in [7, 11) is 0. The molecule has 3 N–H and O–H groups in total. The summed E-state index contributed by atoms with van der Waals surface area (Å²) in [5.74, 6) is 2.85. The monoisotopic (exact) mass is 220 g/mol. The van der Waals surface area contributed by atoms with Crippen molar-refractivity contribution in [1.82, 2.24) is 9.97 Å². The first-order valence-corrected chi connectivity index (χ1v) is 6.03. The summed E-state index contributed by atoms with van der Waals surface area (Å²) in [6.45, 7) is 4.17. The Morgan fingerprint density at radius 1 is 1.31 bits per heavy atom. The molecule has 0 amide bonds.